The fourth-order valence-corrected chi connectivity index (χ4v) is 2.14. The lowest BCUT2D eigenvalue weighted by Crippen LogP contribution is -2.12. The summed E-state index contributed by atoms with van der Waals surface area (Å²) < 4.78 is 11.0. The average molecular weight is 295 g/mol. The van der Waals surface area contributed by atoms with Crippen LogP contribution in [0.3, 0.4) is 0 Å². The first-order chi connectivity index (χ1) is 10.0. The molecule has 3 N–H and O–H groups in total. The fraction of sp³-hybridized carbons (Fsp3) is 0.562. The van der Waals surface area contributed by atoms with Crippen molar-refractivity contribution in [2.75, 3.05) is 19.5 Å². The van der Waals surface area contributed by atoms with Crippen LogP contribution in [-0.4, -0.2) is 24.8 Å². The van der Waals surface area contributed by atoms with Gasteiger partial charge in [0.25, 0.3) is 0 Å². The van der Waals surface area contributed by atoms with Crippen LogP contribution in [0, 0.1) is 5.92 Å². The normalized spacial score (nSPS) is 12.0. The number of carbonyl (C=O) groups is 1. The third-order valence-corrected chi connectivity index (χ3v) is 3.58. The topological polar surface area (TPSA) is 81.8 Å². The van der Waals surface area contributed by atoms with Crippen molar-refractivity contribution in [2.24, 2.45) is 5.92 Å². The molecular weight excluding hydrogens is 270 g/mol. The van der Waals surface area contributed by atoms with Gasteiger partial charge in [-0.3, -0.25) is 0 Å². The number of methoxy groups -OCH3 is 1. The van der Waals surface area contributed by atoms with Crippen molar-refractivity contribution in [1.29, 1.82) is 0 Å². The Balaban J connectivity index is 2.85. The second kappa shape index (κ2) is 8.39. The van der Waals surface area contributed by atoms with Crippen molar-refractivity contribution in [3.8, 4) is 11.5 Å². The van der Waals surface area contributed by atoms with Gasteiger partial charge in [0, 0.05) is 12.1 Å². The molecule has 0 aliphatic rings. The van der Waals surface area contributed by atoms with E-state index in [9.17, 15) is 4.79 Å². The average Bonchev–Trinajstić information content (AvgIpc) is 2.47. The molecule has 21 heavy (non-hydrogen) atoms. The van der Waals surface area contributed by atoms with Gasteiger partial charge in [-0.05, 0) is 12.3 Å². The summed E-state index contributed by atoms with van der Waals surface area (Å²) in [5, 5.41) is 9.12. The number of benzene rings is 1. The van der Waals surface area contributed by atoms with E-state index in [4.69, 9.17) is 20.3 Å². The van der Waals surface area contributed by atoms with Crippen LogP contribution >= 0.6 is 0 Å². The van der Waals surface area contributed by atoms with E-state index in [1.165, 1.54) is 25.7 Å². The predicted octanol–water partition coefficient (Wildman–Crippen LogP) is 3.57. The van der Waals surface area contributed by atoms with Gasteiger partial charge in [0.1, 0.15) is 0 Å². The summed E-state index contributed by atoms with van der Waals surface area (Å²) in [7, 11) is 1.51. The van der Waals surface area contributed by atoms with Gasteiger partial charge in [0.2, 0.25) is 0 Å². The summed E-state index contributed by atoms with van der Waals surface area (Å²) in [4.78, 5) is 11.1. The van der Waals surface area contributed by atoms with Crippen molar-refractivity contribution < 1.29 is 19.4 Å². The Morgan fingerprint density at radius 2 is 2.05 bits per heavy atom. The Hall–Kier alpha value is -1.91. The maximum absolute atomic E-state index is 11.1. The number of unbranched alkanes of at least 4 members (excludes halogenated alkanes) is 1. The van der Waals surface area contributed by atoms with Crippen LogP contribution in [-0.2, 0) is 0 Å². The van der Waals surface area contributed by atoms with Crippen molar-refractivity contribution in [2.45, 2.75) is 39.5 Å². The second-order valence-corrected chi connectivity index (χ2v) is 5.12. The summed E-state index contributed by atoms with van der Waals surface area (Å²) in [5.41, 5.74) is 5.90. The van der Waals surface area contributed by atoms with Crippen molar-refractivity contribution >= 4 is 11.7 Å². The number of nitrogens with two attached hydrogens (primary N) is 1. The molecule has 1 aromatic carbocycles. The smallest absolute Gasteiger partial charge is 0.337 e. The molecule has 0 aliphatic carbocycles. The zero-order valence-corrected chi connectivity index (χ0v) is 13.0. The van der Waals surface area contributed by atoms with Crippen molar-refractivity contribution in [3.63, 3.8) is 0 Å². The fourth-order valence-electron chi connectivity index (χ4n) is 2.14. The molecule has 0 heterocycles. The van der Waals surface area contributed by atoms with Gasteiger partial charge in [-0.25, -0.2) is 4.79 Å². The summed E-state index contributed by atoms with van der Waals surface area (Å²) in [6.45, 7) is 4.85. The van der Waals surface area contributed by atoms with Gasteiger partial charge >= 0.3 is 5.97 Å². The minimum absolute atomic E-state index is 0.0346. The Bertz CT molecular complexity index is 474. The van der Waals surface area contributed by atoms with Crippen molar-refractivity contribution in [1.82, 2.24) is 0 Å². The molecule has 1 aromatic rings. The molecular formula is C16H25NO4. The molecule has 1 atom stereocenters. The molecule has 0 saturated carbocycles. The lowest BCUT2D eigenvalue weighted by molar-refractivity contribution is 0.0697. The highest BCUT2D eigenvalue weighted by molar-refractivity contribution is 5.94. The minimum atomic E-state index is -1.07. The lowest BCUT2D eigenvalue weighted by atomic mass is 10.0. The van der Waals surface area contributed by atoms with E-state index in [1.807, 2.05) is 0 Å². The minimum Gasteiger partial charge on any atom is -0.493 e. The standard InChI is InChI=1S/C16H25NO4/c1-4-6-7-11(5-2)10-21-15-8-12(16(18)19)13(17)9-14(15)20-3/h8-9,11H,4-7,10,17H2,1-3H3,(H,18,19). The van der Waals surface area contributed by atoms with Crippen LogP contribution in [0.2, 0.25) is 0 Å². The van der Waals surface area contributed by atoms with E-state index in [1.54, 1.807) is 0 Å². The highest BCUT2D eigenvalue weighted by Gasteiger charge is 2.16. The maximum atomic E-state index is 11.1. The number of hydrogen-bond donors (Lipinski definition) is 2. The number of rotatable bonds is 9. The molecule has 0 saturated heterocycles. The van der Waals surface area contributed by atoms with Crippen LogP contribution < -0.4 is 15.2 Å². The maximum Gasteiger partial charge on any atom is 0.337 e. The highest BCUT2D eigenvalue weighted by atomic mass is 16.5. The Kier molecular flexibility index (Phi) is 6.85. The SMILES string of the molecule is CCCCC(CC)COc1cc(C(=O)O)c(N)cc1OC. The first-order valence-electron chi connectivity index (χ1n) is 7.37. The number of carboxylic acids is 1. The molecule has 0 radical (unpaired) electrons. The monoisotopic (exact) mass is 295 g/mol. The lowest BCUT2D eigenvalue weighted by Gasteiger charge is -2.18. The van der Waals surface area contributed by atoms with Crippen LogP contribution in [0.1, 0.15) is 49.9 Å². The van der Waals surface area contributed by atoms with Crippen LogP contribution in [0.25, 0.3) is 0 Å². The number of hydrogen-bond acceptors (Lipinski definition) is 4. The highest BCUT2D eigenvalue weighted by Crippen LogP contribution is 2.33. The molecule has 0 aromatic heterocycles. The van der Waals surface area contributed by atoms with E-state index in [2.05, 4.69) is 13.8 Å². The second-order valence-electron chi connectivity index (χ2n) is 5.12. The first kappa shape index (κ1) is 17.1. The number of aromatic carboxylic acids is 1. The third kappa shape index (κ3) is 4.85. The molecule has 0 amide bonds. The van der Waals surface area contributed by atoms with Gasteiger partial charge in [-0.1, -0.05) is 33.1 Å². The number of ether oxygens (including phenoxy) is 2. The molecule has 0 bridgehead atoms. The van der Waals surface area contributed by atoms with E-state index in [-0.39, 0.29) is 11.3 Å². The van der Waals surface area contributed by atoms with Crippen LogP contribution in [0.5, 0.6) is 11.5 Å². The van der Waals surface area contributed by atoms with E-state index in [0.717, 1.165) is 19.3 Å². The van der Waals surface area contributed by atoms with Gasteiger partial charge in [-0.15, -0.1) is 0 Å². The number of nitrogen functional groups attached to an aromatic ring is 1. The van der Waals surface area contributed by atoms with E-state index < -0.39 is 5.97 Å². The Labute approximate surface area is 126 Å². The molecule has 1 rings (SSSR count). The zero-order chi connectivity index (χ0) is 15.8. The third-order valence-electron chi connectivity index (χ3n) is 3.58. The zero-order valence-electron chi connectivity index (χ0n) is 13.0. The van der Waals surface area contributed by atoms with Crippen molar-refractivity contribution in [3.05, 3.63) is 17.7 Å². The van der Waals surface area contributed by atoms with Gasteiger partial charge in [0.05, 0.1) is 25.0 Å². The first-order valence-corrected chi connectivity index (χ1v) is 7.37. The van der Waals surface area contributed by atoms with Gasteiger partial charge < -0.3 is 20.3 Å². The Morgan fingerprint density at radius 1 is 1.33 bits per heavy atom. The Morgan fingerprint density at radius 3 is 2.57 bits per heavy atom. The van der Waals surface area contributed by atoms with E-state index in [0.29, 0.717) is 24.0 Å². The summed E-state index contributed by atoms with van der Waals surface area (Å²) in [6.07, 6.45) is 4.46. The van der Waals surface area contributed by atoms with Gasteiger partial charge in [-0.2, -0.15) is 0 Å². The molecule has 0 spiro atoms. The van der Waals surface area contributed by atoms with Gasteiger partial charge in [0.15, 0.2) is 11.5 Å². The molecule has 5 nitrogen and oxygen atoms in total. The summed E-state index contributed by atoms with van der Waals surface area (Å²) in [5.74, 6) is 0.278. The molecule has 0 fully saturated rings. The molecule has 0 aliphatic heterocycles. The molecule has 118 valence electrons. The number of anilines is 1. The summed E-state index contributed by atoms with van der Waals surface area (Å²) >= 11 is 0. The largest absolute Gasteiger partial charge is 0.493 e. The van der Waals surface area contributed by atoms with Crippen LogP contribution in [0.4, 0.5) is 5.69 Å². The quantitative estimate of drug-likeness (QED) is 0.681. The number of carboxylic acid groups (broad SMARTS) is 1. The molecule has 1 unspecified atom stereocenters. The summed E-state index contributed by atoms with van der Waals surface area (Å²) in [6, 6.07) is 2.93. The van der Waals surface area contributed by atoms with Crippen LogP contribution in [0.15, 0.2) is 12.1 Å². The molecule has 5 heteroatoms. The van der Waals surface area contributed by atoms with E-state index >= 15 is 0 Å². The predicted molar refractivity (Wildman–Crippen MR) is 83.2 cm³/mol.